The third kappa shape index (κ3) is 25.5. The average molecular weight is 437 g/mol. The van der Waals surface area contributed by atoms with E-state index >= 15 is 0 Å². The summed E-state index contributed by atoms with van der Waals surface area (Å²) in [5.74, 6) is -0.479. The summed E-state index contributed by atoms with van der Waals surface area (Å²) >= 11 is 0. The van der Waals surface area contributed by atoms with Crippen molar-refractivity contribution in [1.29, 1.82) is 0 Å². The van der Waals surface area contributed by atoms with Crippen LogP contribution < -0.4 is 0 Å². The molecule has 2 heteroatoms. The van der Waals surface area contributed by atoms with E-state index in [0.717, 1.165) is 12.8 Å². The molecule has 0 aliphatic heterocycles. The molecule has 0 aromatic carbocycles. The first-order valence-corrected chi connectivity index (χ1v) is 14.2. The molecule has 184 valence electrons. The molecule has 0 saturated heterocycles. The van der Waals surface area contributed by atoms with Crippen LogP contribution in [0.25, 0.3) is 0 Å². The maximum Gasteiger partial charge on any atom is 0.198 e. The quantitative estimate of drug-likeness (QED) is 0.0998. The maximum absolute atomic E-state index is 11.2. The molecule has 0 bridgehead atoms. The number of rotatable bonds is 26. The molecule has 0 spiro atoms. The largest absolute Gasteiger partial charge is 0.291 e. The summed E-state index contributed by atoms with van der Waals surface area (Å²) in [4.78, 5) is 22.1. The highest BCUT2D eigenvalue weighted by Crippen LogP contribution is 2.15. The Bertz CT molecular complexity index is 388. The van der Waals surface area contributed by atoms with Crippen LogP contribution >= 0.6 is 0 Å². The van der Waals surface area contributed by atoms with Crippen LogP contribution in [0.1, 0.15) is 174 Å². The molecule has 0 unspecified atom stereocenters. The second-order valence-electron chi connectivity index (χ2n) is 9.86. The van der Waals surface area contributed by atoms with E-state index in [2.05, 4.69) is 6.92 Å². The Balaban J connectivity index is 3.05. The molecule has 2 nitrogen and oxygen atoms in total. The second-order valence-corrected chi connectivity index (χ2v) is 9.86. The van der Waals surface area contributed by atoms with E-state index in [1.54, 1.807) is 0 Å². The highest BCUT2D eigenvalue weighted by atomic mass is 16.2. The van der Waals surface area contributed by atoms with Gasteiger partial charge in [0.05, 0.1) is 0 Å². The lowest BCUT2D eigenvalue weighted by molar-refractivity contribution is -0.135. The normalized spacial score (nSPS) is 11.2. The van der Waals surface area contributed by atoms with E-state index in [-0.39, 0.29) is 11.6 Å². The molecule has 0 aromatic heterocycles. The van der Waals surface area contributed by atoms with Gasteiger partial charge in [-0.25, -0.2) is 0 Å². The molecule has 0 rings (SSSR count). The number of unbranched alkanes of at least 4 members (excludes halogenated alkanes) is 23. The van der Waals surface area contributed by atoms with E-state index < -0.39 is 0 Å². The summed E-state index contributed by atoms with van der Waals surface area (Å²) < 4.78 is 0. The minimum absolute atomic E-state index is 0.196. The average Bonchev–Trinajstić information content (AvgIpc) is 2.76. The van der Waals surface area contributed by atoms with Gasteiger partial charge < -0.3 is 0 Å². The molecular weight excluding hydrogens is 380 g/mol. The molecule has 0 aromatic rings. The van der Waals surface area contributed by atoms with E-state index in [9.17, 15) is 9.59 Å². The second kappa shape index (κ2) is 25.6. The SMILES string of the molecule is CCCCCCCCCCCCCCCCCCCCCCCCCCC(=O)C(C)=O. The molecule has 0 amide bonds. The fourth-order valence-corrected chi connectivity index (χ4v) is 4.42. The fraction of sp³-hybridized carbons (Fsp3) is 0.931. The highest BCUT2D eigenvalue weighted by molar-refractivity contribution is 6.36. The molecule has 0 fully saturated rings. The lowest BCUT2D eigenvalue weighted by Crippen LogP contribution is -2.08. The molecule has 0 aliphatic carbocycles. The Morgan fingerprint density at radius 2 is 0.613 bits per heavy atom. The van der Waals surface area contributed by atoms with E-state index in [1.807, 2.05) is 0 Å². The number of hydrogen-bond acceptors (Lipinski definition) is 2. The summed E-state index contributed by atoms with van der Waals surface area (Å²) in [5.41, 5.74) is 0. The zero-order valence-corrected chi connectivity index (χ0v) is 21.5. The van der Waals surface area contributed by atoms with Gasteiger partial charge in [-0.2, -0.15) is 0 Å². The molecule has 0 heterocycles. The van der Waals surface area contributed by atoms with Gasteiger partial charge in [-0.05, 0) is 6.42 Å². The lowest BCUT2D eigenvalue weighted by Gasteiger charge is -2.04. The van der Waals surface area contributed by atoms with Crippen molar-refractivity contribution in [2.24, 2.45) is 0 Å². The molecule has 31 heavy (non-hydrogen) atoms. The molecule has 0 atom stereocenters. The van der Waals surface area contributed by atoms with Crippen LogP contribution in [0, 0.1) is 0 Å². The molecule has 0 radical (unpaired) electrons. The summed E-state index contributed by atoms with van der Waals surface area (Å²) in [7, 11) is 0. The van der Waals surface area contributed by atoms with Crippen LogP contribution in [0.3, 0.4) is 0 Å². The predicted molar refractivity (Wildman–Crippen MR) is 137 cm³/mol. The minimum Gasteiger partial charge on any atom is -0.291 e. The van der Waals surface area contributed by atoms with Crippen molar-refractivity contribution in [3.63, 3.8) is 0 Å². The van der Waals surface area contributed by atoms with Crippen LogP contribution in [0.5, 0.6) is 0 Å². The van der Waals surface area contributed by atoms with Gasteiger partial charge in [-0.15, -0.1) is 0 Å². The van der Waals surface area contributed by atoms with Gasteiger partial charge in [0.15, 0.2) is 11.6 Å². The summed E-state index contributed by atoms with van der Waals surface area (Å²) in [6, 6.07) is 0. The first kappa shape index (κ1) is 30.3. The number of carbonyl (C=O) groups is 2. The molecule has 0 aliphatic rings. The van der Waals surface area contributed by atoms with Gasteiger partial charge in [-0.1, -0.05) is 155 Å². The third-order valence-corrected chi connectivity index (χ3v) is 6.65. The fourth-order valence-electron chi connectivity index (χ4n) is 4.42. The van der Waals surface area contributed by atoms with Crippen molar-refractivity contribution in [2.45, 2.75) is 174 Å². The van der Waals surface area contributed by atoms with Crippen molar-refractivity contribution < 1.29 is 9.59 Å². The van der Waals surface area contributed by atoms with Crippen LogP contribution in [-0.2, 0) is 9.59 Å². The van der Waals surface area contributed by atoms with Gasteiger partial charge in [0.2, 0.25) is 0 Å². The van der Waals surface area contributed by atoms with Crippen molar-refractivity contribution in [3.05, 3.63) is 0 Å². The zero-order valence-electron chi connectivity index (χ0n) is 21.5. The van der Waals surface area contributed by atoms with Gasteiger partial charge in [0, 0.05) is 13.3 Å². The Hall–Kier alpha value is -0.660. The van der Waals surface area contributed by atoms with Crippen LogP contribution in [0.2, 0.25) is 0 Å². The number of Topliss-reactive ketones (excluding diaryl/α,β-unsaturated/α-hetero) is 2. The highest BCUT2D eigenvalue weighted by Gasteiger charge is 2.06. The maximum atomic E-state index is 11.2. The molecule has 0 N–H and O–H groups in total. The van der Waals surface area contributed by atoms with Crippen LogP contribution in [-0.4, -0.2) is 11.6 Å². The molecular formula is C29H56O2. The predicted octanol–water partition coefficient (Wildman–Crippen LogP) is 9.92. The van der Waals surface area contributed by atoms with Crippen molar-refractivity contribution in [3.8, 4) is 0 Å². The minimum atomic E-state index is -0.283. The standard InChI is InChI=1S/C29H56O2/c1-3-4-5-6-7-8-9-10-11-12-13-14-15-16-17-18-19-20-21-22-23-24-25-26-27-29(31)28(2)30/h3-27H2,1-2H3. The van der Waals surface area contributed by atoms with E-state index in [1.165, 1.54) is 148 Å². The first-order chi connectivity index (χ1) is 15.2. The Morgan fingerprint density at radius 1 is 0.387 bits per heavy atom. The topological polar surface area (TPSA) is 34.1 Å². The first-order valence-electron chi connectivity index (χ1n) is 14.2. The van der Waals surface area contributed by atoms with Crippen LogP contribution in [0.4, 0.5) is 0 Å². The van der Waals surface area contributed by atoms with Crippen molar-refractivity contribution in [2.75, 3.05) is 0 Å². The number of ketones is 2. The summed E-state index contributed by atoms with van der Waals surface area (Å²) in [5, 5.41) is 0. The summed E-state index contributed by atoms with van der Waals surface area (Å²) in [6.45, 7) is 3.67. The van der Waals surface area contributed by atoms with Crippen molar-refractivity contribution >= 4 is 11.6 Å². The number of carbonyl (C=O) groups excluding carboxylic acids is 2. The van der Waals surface area contributed by atoms with Crippen molar-refractivity contribution in [1.82, 2.24) is 0 Å². The van der Waals surface area contributed by atoms with E-state index in [0.29, 0.717) is 6.42 Å². The van der Waals surface area contributed by atoms with Gasteiger partial charge >= 0.3 is 0 Å². The van der Waals surface area contributed by atoms with Gasteiger partial charge in [0.25, 0.3) is 0 Å². The Kier molecular flexibility index (Phi) is 25.1. The lowest BCUT2D eigenvalue weighted by atomic mass is 10.0. The van der Waals surface area contributed by atoms with Crippen LogP contribution in [0.15, 0.2) is 0 Å². The smallest absolute Gasteiger partial charge is 0.198 e. The third-order valence-electron chi connectivity index (χ3n) is 6.65. The summed E-state index contributed by atoms with van der Waals surface area (Å²) in [6.07, 6.45) is 33.6. The zero-order chi connectivity index (χ0) is 22.8. The van der Waals surface area contributed by atoms with E-state index in [4.69, 9.17) is 0 Å². The van der Waals surface area contributed by atoms with Gasteiger partial charge in [-0.3, -0.25) is 9.59 Å². The van der Waals surface area contributed by atoms with Gasteiger partial charge in [0.1, 0.15) is 0 Å². The Labute approximate surface area is 195 Å². The Morgan fingerprint density at radius 3 is 0.839 bits per heavy atom. The monoisotopic (exact) mass is 436 g/mol. The number of hydrogen-bond donors (Lipinski definition) is 0. The molecule has 0 saturated carbocycles.